The molecule has 2 heterocycles. The molecule has 0 saturated carbocycles. The molecule has 1 aliphatic heterocycles. The Labute approximate surface area is 170 Å². The van der Waals surface area contributed by atoms with Crippen LogP contribution in [0.4, 0.5) is 0 Å². The Kier molecular flexibility index (Phi) is 7.42. The number of nitrogens with zero attached hydrogens (tertiary/aromatic N) is 2. The molecule has 8 nitrogen and oxygen atoms in total. The van der Waals surface area contributed by atoms with Gasteiger partial charge in [-0.15, -0.1) is 12.4 Å². The average molecular weight is 409 g/mol. The van der Waals surface area contributed by atoms with Gasteiger partial charge in [-0.2, -0.15) is 5.10 Å². The fourth-order valence-electron chi connectivity index (χ4n) is 3.39. The fraction of sp³-hybridized carbons (Fsp3) is 0.421. The lowest BCUT2D eigenvalue weighted by Crippen LogP contribution is -2.34. The third kappa shape index (κ3) is 4.63. The number of aryl methyl sites for hydroxylation is 1. The van der Waals surface area contributed by atoms with Crippen LogP contribution in [0.1, 0.15) is 27.4 Å². The molecular formula is C19H25ClN4O4. The Balaban J connectivity index is 0.00000280. The second-order valence-electron chi connectivity index (χ2n) is 6.56. The van der Waals surface area contributed by atoms with Crippen LogP contribution in [0.5, 0.6) is 5.75 Å². The van der Waals surface area contributed by atoms with Crippen molar-refractivity contribution in [2.24, 2.45) is 13.0 Å². The molecule has 0 unspecified atom stereocenters. The first-order chi connectivity index (χ1) is 13.0. The van der Waals surface area contributed by atoms with Gasteiger partial charge in [0.2, 0.25) is 5.91 Å². The Morgan fingerprint density at radius 2 is 2.11 bits per heavy atom. The number of halogens is 1. The Bertz CT molecular complexity index is 839. The van der Waals surface area contributed by atoms with Gasteiger partial charge in [0, 0.05) is 38.8 Å². The molecule has 0 bridgehead atoms. The van der Waals surface area contributed by atoms with Crippen LogP contribution in [0.2, 0.25) is 0 Å². The fourth-order valence-corrected chi connectivity index (χ4v) is 3.39. The van der Waals surface area contributed by atoms with E-state index in [4.69, 9.17) is 9.47 Å². The molecule has 3 rings (SSSR count). The van der Waals surface area contributed by atoms with Gasteiger partial charge < -0.3 is 20.1 Å². The number of aromatic nitrogens is 2. The molecule has 152 valence electrons. The normalized spacial score (nSPS) is 18.2. The zero-order valence-electron chi connectivity index (χ0n) is 16.1. The number of rotatable bonds is 6. The van der Waals surface area contributed by atoms with Crippen molar-refractivity contribution in [1.82, 2.24) is 20.4 Å². The number of benzene rings is 1. The van der Waals surface area contributed by atoms with E-state index in [1.165, 1.54) is 14.2 Å². The van der Waals surface area contributed by atoms with Crippen molar-refractivity contribution in [3.05, 3.63) is 47.3 Å². The monoisotopic (exact) mass is 408 g/mol. The summed E-state index contributed by atoms with van der Waals surface area (Å²) in [6.45, 7) is 1.70. The second-order valence-corrected chi connectivity index (χ2v) is 6.56. The first kappa shape index (κ1) is 21.7. The zero-order chi connectivity index (χ0) is 19.4. The number of hydrogen-bond donors (Lipinski definition) is 2. The molecule has 0 radical (unpaired) electrons. The molecule has 0 aliphatic carbocycles. The number of methoxy groups -OCH3 is 2. The van der Waals surface area contributed by atoms with E-state index in [2.05, 4.69) is 15.7 Å². The maximum Gasteiger partial charge on any atom is 0.341 e. The topological polar surface area (TPSA) is 94.5 Å². The van der Waals surface area contributed by atoms with E-state index >= 15 is 0 Å². The number of carbonyl (C=O) groups is 2. The maximum atomic E-state index is 12.7. The summed E-state index contributed by atoms with van der Waals surface area (Å²) in [4.78, 5) is 24.6. The van der Waals surface area contributed by atoms with E-state index in [1.54, 1.807) is 16.8 Å². The van der Waals surface area contributed by atoms with Gasteiger partial charge in [0.05, 0.1) is 26.3 Å². The van der Waals surface area contributed by atoms with Crippen molar-refractivity contribution >= 4 is 24.3 Å². The Morgan fingerprint density at radius 1 is 1.32 bits per heavy atom. The largest absolute Gasteiger partial charge is 0.496 e. The van der Waals surface area contributed by atoms with Gasteiger partial charge in [-0.25, -0.2) is 4.79 Å². The number of nitrogens with one attached hydrogen (secondary N) is 2. The van der Waals surface area contributed by atoms with Crippen LogP contribution in [-0.2, 0) is 23.1 Å². The van der Waals surface area contributed by atoms with Crippen LogP contribution in [0, 0.1) is 5.92 Å². The third-order valence-electron chi connectivity index (χ3n) is 4.84. The molecule has 9 heteroatoms. The van der Waals surface area contributed by atoms with E-state index in [0.717, 1.165) is 17.7 Å². The van der Waals surface area contributed by atoms with Crippen LogP contribution in [0.25, 0.3) is 0 Å². The SMILES string of the molecule is COC(=O)c1cc(CNC(=O)[C@H]2CNC[C@@H]2c2cnn(C)c2)ccc1OC.Cl. The molecule has 1 aromatic carbocycles. The third-order valence-corrected chi connectivity index (χ3v) is 4.84. The van der Waals surface area contributed by atoms with Crippen molar-refractivity contribution in [3.8, 4) is 5.75 Å². The molecule has 1 saturated heterocycles. The van der Waals surface area contributed by atoms with Crippen LogP contribution >= 0.6 is 12.4 Å². The van der Waals surface area contributed by atoms with Crippen LogP contribution < -0.4 is 15.4 Å². The van der Waals surface area contributed by atoms with Crippen LogP contribution in [0.15, 0.2) is 30.6 Å². The number of esters is 1. The highest BCUT2D eigenvalue weighted by Crippen LogP contribution is 2.28. The Hall–Kier alpha value is -2.58. The van der Waals surface area contributed by atoms with Gasteiger partial charge in [-0.05, 0) is 23.3 Å². The first-order valence-corrected chi connectivity index (χ1v) is 8.75. The summed E-state index contributed by atoms with van der Waals surface area (Å²) in [5.41, 5.74) is 2.19. The van der Waals surface area contributed by atoms with Crippen molar-refractivity contribution in [2.75, 3.05) is 27.3 Å². The molecule has 28 heavy (non-hydrogen) atoms. The van der Waals surface area contributed by atoms with Gasteiger partial charge in [0.25, 0.3) is 0 Å². The van der Waals surface area contributed by atoms with Crippen LogP contribution in [0.3, 0.4) is 0 Å². The molecule has 0 spiro atoms. The lowest BCUT2D eigenvalue weighted by molar-refractivity contribution is -0.125. The molecular weight excluding hydrogens is 384 g/mol. The summed E-state index contributed by atoms with van der Waals surface area (Å²) in [5, 5.41) is 10.5. The second kappa shape index (κ2) is 9.57. The molecule has 2 N–H and O–H groups in total. The standard InChI is InChI=1S/C19H24N4O4.ClH/c1-23-11-13(8-22-23)15-9-20-10-16(15)18(24)21-7-12-4-5-17(26-2)14(6-12)19(25)27-3;/h4-6,8,11,15-16,20H,7,9-10H2,1-3H3,(H,21,24);1H/t15-,16+;/m1./s1. The van der Waals surface area contributed by atoms with Crippen molar-refractivity contribution in [3.63, 3.8) is 0 Å². The first-order valence-electron chi connectivity index (χ1n) is 8.75. The smallest absolute Gasteiger partial charge is 0.341 e. The minimum atomic E-state index is -0.475. The van der Waals surface area contributed by atoms with E-state index in [1.807, 2.05) is 25.5 Å². The number of amides is 1. The van der Waals surface area contributed by atoms with Gasteiger partial charge in [-0.1, -0.05) is 6.07 Å². The van der Waals surface area contributed by atoms with E-state index in [0.29, 0.717) is 24.4 Å². The van der Waals surface area contributed by atoms with Crippen LogP contribution in [-0.4, -0.2) is 49.0 Å². The molecule has 1 fully saturated rings. The molecule has 1 aliphatic rings. The number of ether oxygens (including phenoxy) is 2. The summed E-state index contributed by atoms with van der Waals surface area (Å²) < 4.78 is 11.7. The molecule has 2 aromatic rings. The Morgan fingerprint density at radius 3 is 2.75 bits per heavy atom. The summed E-state index contributed by atoms with van der Waals surface area (Å²) in [5.74, 6) is -0.123. The minimum absolute atomic E-state index is 0. The van der Waals surface area contributed by atoms with Crippen molar-refractivity contribution in [1.29, 1.82) is 0 Å². The van der Waals surface area contributed by atoms with E-state index in [9.17, 15) is 9.59 Å². The van der Waals surface area contributed by atoms with Gasteiger partial charge in [0.15, 0.2) is 0 Å². The highest BCUT2D eigenvalue weighted by atomic mass is 35.5. The number of carbonyl (C=O) groups excluding carboxylic acids is 2. The zero-order valence-corrected chi connectivity index (χ0v) is 16.9. The summed E-state index contributed by atoms with van der Waals surface area (Å²) in [6, 6.07) is 5.19. The number of hydrogen-bond acceptors (Lipinski definition) is 6. The quantitative estimate of drug-likeness (QED) is 0.699. The van der Waals surface area contributed by atoms with Crippen molar-refractivity contribution < 1.29 is 19.1 Å². The lowest BCUT2D eigenvalue weighted by atomic mass is 9.90. The van der Waals surface area contributed by atoms with E-state index < -0.39 is 5.97 Å². The minimum Gasteiger partial charge on any atom is -0.496 e. The molecule has 1 amide bonds. The summed E-state index contributed by atoms with van der Waals surface area (Å²) in [7, 11) is 4.68. The molecule has 2 atom stereocenters. The van der Waals surface area contributed by atoms with Gasteiger partial charge in [0.1, 0.15) is 11.3 Å². The summed E-state index contributed by atoms with van der Waals surface area (Å²) >= 11 is 0. The van der Waals surface area contributed by atoms with Crippen molar-refractivity contribution in [2.45, 2.75) is 12.5 Å². The van der Waals surface area contributed by atoms with Gasteiger partial charge in [-0.3, -0.25) is 9.48 Å². The van der Waals surface area contributed by atoms with Gasteiger partial charge >= 0.3 is 5.97 Å². The molecule has 1 aromatic heterocycles. The average Bonchev–Trinajstić information content (AvgIpc) is 3.34. The predicted octanol–water partition coefficient (Wildman–Crippen LogP) is 1.26. The summed E-state index contributed by atoms with van der Waals surface area (Å²) in [6.07, 6.45) is 3.76. The maximum absolute atomic E-state index is 12.7. The van der Waals surface area contributed by atoms with E-state index in [-0.39, 0.29) is 30.2 Å². The highest BCUT2D eigenvalue weighted by Gasteiger charge is 2.34. The predicted molar refractivity (Wildman–Crippen MR) is 106 cm³/mol. The highest BCUT2D eigenvalue weighted by molar-refractivity contribution is 5.92. The lowest BCUT2D eigenvalue weighted by Gasteiger charge is -2.17.